The zero-order valence-corrected chi connectivity index (χ0v) is 11.5. The summed E-state index contributed by atoms with van der Waals surface area (Å²) >= 11 is 1.32. The van der Waals surface area contributed by atoms with Crippen LogP contribution in [0.15, 0.2) is 23.7 Å². The number of carbonyl (C=O) groups excluding carboxylic acids is 1. The standard InChI is InChI=1S/C13H14N4OS/c1-8(2)17-7-10(15)5-11(17)12(18)16-13-9(6-14)3-4-19-13/h3-5,7-8H,15H2,1-2H3,(H,16,18). The Balaban J connectivity index is 2.28. The van der Waals surface area contributed by atoms with Crippen LogP contribution in [-0.2, 0) is 0 Å². The van der Waals surface area contributed by atoms with Crippen molar-refractivity contribution in [2.45, 2.75) is 19.9 Å². The lowest BCUT2D eigenvalue weighted by molar-refractivity contribution is 0.101. The number of anilines is 2. The summed E-state index contributed by atoms with van der Waals surface area (Å²) in [7, 11) is 0. The molecule has 0 radical (unpaired) electrons. The van der Waals surface area contributed by atoms with Crippen molar-refractivity contribution in [1.82, 2.24) is 4.57 Å². The van der Waals surface area contributed by atoms with Gasteiger partial charge in [0, 0.05) is 12.2 Å². The first-order valence-electron chi connectivity index (χ1n) is 5.79. The van der Waals surface area contributed by atoms with E-state index in [2.05, 4.69) is 5.32 Å². The molecule has 19 heavy (non-hydrogen) atoms. The Hall–Kier alpha value is -2.26. The summed E-state index contributed by atoms with van der Waals surface area (Å²) in [6.07, 6.45) is 1.74. The van der Waals surface area contributed by atoms with Gasteiger partial charge in [-0.25, -0.2) is 0 Å². The van der Waals surface area contributed by atoms with Gasteiger partial charge < -0.3 is 15.6 Å². The van der Waals surface area contributed by atoms with Crippen LogP contribution >= 0.6 is 11.3 Å². The third kappa shape index (κ3) is 2.61. The summed E-state index contributed by atoms with van der Waals surface area (Å²) in [5, 5.41) is 14.0. The molecule has 0 aliphatic carbocycles. The maximum atomic E-state index is 12.2. The minimum Gasteiger partial charge on any atom is -0.397 e. The number of nitrogens with two attached hydrogens (primary N) is 1. The van der Waals surface area contributed by atoms with Gasteiger partial charge in [0.05, 0.1) is 11.3 Å². The molecular weight excluding hydrogens is 260 g/mol. The summed E-state index contributed by atoms with van der Waals surface area (Å²) in [4.78, 5) is 12.2. The van der Waals surface area contributed by atoms with Gasteiger partial charge in [0.25, 0.3) is 5.91 Å². The molecule has 0 bridgehead atoms. The van der Waals surface area contributed by atoms with Gasteiger partial charge in [-0.15, -0.1) is 11.3 Å². The van der Waals surface area contributed by atoms with Gasteiger partial charge in [-0.2, -0.15) is 5.26 Å². The Kier molecular flexibility index (Phi) is 3.58. The summed E-state index contributed by atoms with van der Waals surface area (Å²) in [6, 6.07) is 5.49. The highest BCUT2D eigenvalue weighted by Gasteiger charge is 2.16. The lowest BCUT2D eigenvalue weighted by Crippen LogP contribution is -2.17. The molecule has 2 heterocycles. The number of hydrogen-bond donors (Lipinski definition) is 2. The van der Waals surface area contributed by atoms with Crippen molar-refractivity contribution in [3.8, 4) is 6.07 Å². The monoisotopic (exact) mass is 274 g/mol. The number of amides is 1. The molecule has 0 aliphatic rings. The Labute approximate surface area is 115 Å². The number of aromatic nitrogens is 1. The smallest absolute Gasteiger partial charge is 0.273 e. The predicted molar refractivity (Wildman–Crippen MR) is 76.2 cm³/mol. The van der Waals surface area contributed by atoms with Crippen molar-refractivity contribution in [3.05, 3.63) is 35.0 Å². The topological polar surface area (TPSA) is 83.8 Å². The van der Waals surface area contributed by atoms with Crippen LogP contribution < -0.4 is 11.1 Å². The maximum Gasteiger partial charge on any atom is 0.273 e. The molecule has 0 aromatic carbocycles. The first kappa shape index (κ1) is 13.2. The average Bonchev–Trinajstić information content (AvgIpc) is 2.95. The molecule has 0 atom stereocenters. The van der Waals surface area contributed by atoms with Crippen LogP contribution in [0.1, 0.15) is 35.9 Å². The van der Waals surface area contributed by atoms with E-state index in [9.17, 15) is 4.79 Å². The second-order valence-electron chi connectivity index (χ2n) is 4.39. The molecule has 5 nitrogen and oxygen atoms in total. The average molecular weight is 274 g/mol. The van der Waals surface area contributed by atoms with Gasteiger partial charge in [0.1, 0.15) is 16.8 Å². The molecule has 1 amide bonds. The zero-order valence-electron chi connectivity index (χ0n) is 10.7. The van der Waals surface area contributed by atoms with Crippen LogP contribution in [-0.4, -0.2) is 10.5 Å². The number of nitrogens with one attached hydrogen (secondary N) is 1. The van der Waals surface area contributed by atoms with Crippen molar-refractivity contribution in [1.29, 1.82) is 5.26 Å². The number of nitrogens with zero attached hydrogens (tertiary/aromatic N) is 2. The van der Waals surface area contributed by atoms with E-state index in [1.54, 1.807) is 23.7 Å². The van der Waals surface area contributed by atoms with Gasteiger partial charge in [-0.3, -0.25) is 4.79 Å². The summed E-state index contributed by atoms with van der Waals surface area (Å²) in [6.45, 7) is 3.95. The number of rotatable bonds is 3. The van der Waals surface area contributed by atoms with Crippen LogP contribution in [0.3, 0.4) is 0 Å². The molecular formula is C13H14N4OS. The van der Waals surface area contributed by atoms with Crippen molar-refractivity contribution in [2.24, 2.45) is 0 Å². The summed E-state index contributed by atoms with van der Waals surface area (Å²) in [5.74, 6) is -0.260. The fourth-order valence-electron chi connectivity index (χ4n) is 1.77. The van der Waals surface area contributed by atoms with Crippen molar-refractivity contribution in [2.75, 3.05) is 11.1 Å². The van der Waals surface area contributed by atoms with Crippen molar-refractivity contribution >= 4 is 27.9 Å². The van der Waals surface area contributed by atoms with E-state index in [4.69, 9.17) is 11.0 Å². The molecule has 2 aromatic rings. The fourth-order valence-corrected chi connectivity index (χ4v) is 2.50. The van der Waals surface area contributed by atoms with Gasteiger partial charge in [-0.1, -0.05) is 0 Å². The van der Waals surface area contributed by atoms with Crippen molar-refractivity contribution < 1.29 is 4.79 Å². The molecule has 0 spiro atoms. The van der Waals surface area contributed by atoms with E-state index < -0.39 is 0 Å². The third-order valence-electron chi connectivity index (χ3n) is 2.67. The van der Waals surface area contributed by atoms with E-state index in [0.717, 1.165) is 0 Å². The van der Waals surface area contributed by atoms with Gasteiger partial charge in [0.2, 0.25) is 0 Å². The third-order valence-corrected chi connectivity index (χ3v) is 3.50. The Morgan fingerprint density at radius 1 is 1.58 bits per heavy atom. The molecule has 0 unspecified atom stereocenters. The van der Waals surface area contributed by atoms with E-state index in [-0.39, 0.29) is 11.9 Å². The second-order valence-corrected chi connectivity index (χ2v) is 5.31. The first-order chi connectivity index (χ1) is 9.02. The lowest BCUT2D eigenvalue weighted by Gasteiger charge is -2.12. The van der Waals surface area contributed by atoms with Crippen LogP contribution in [0.4, 0.5) is 10.7 Å². The highest BCUT2D eigenvalue weighted by atomic mass is 32.1. The number of nitrogen functional groups attached to an aromatic ring is 1. The van der Waals surface area contributed by atoms with Crippen LogP contribution in [0.2, 0.25) is 0 Å². The van der Waals surface area contributed by atoms with Gasteiger partial charge >= 0.3 is 0 Å². The quantitative estimate of drug-likeness (QED) is 0.902. The van der Waals surface area contributed by atoms with E-state index >= 15 is 0 Å². The van der Waals surface area contributed by atoms with Crippen molar-refractivity contribution in [3.63, 3.8) is 0 Å². The molecule has 2 rings (SSSR count). The van der Waals surface area contributed by atoms with E-state index in [1.165, 1.54) is 11.3 Å². The zero-order chi connectivity index (χ0) is 14.0. The van der Waals surface area contributed by atoms with Crippen LogP contribution in [0, 0.1) is 11.3 Å². The molecule has 0 saturated heterocycles. The number of nitriles is 1. The largest absolute Gasteiger partial charge is 0.397 e. The number of thiophene rings is 1. The Morgan fingerprint density at radius 2 is 2.32 bits per heavy atom. The lowest BCUT2D eigenvalue weighted by atomic mass is 10.3. The SMILES string of the molecule is CC(C)n1cc(N)cc1C(=O)Nc1sccc1C#N. The Morgan fingerprint density at radius 3 is 2.95 bits per heavy atom. The van der Waals surface area contributed by atoms with Gasteiger partial charge in [-0.05, 0) is 31.4 Å². The number of hydrogen-bond acceptors (Lipinski definition) is 4. The normalized spacial score (nSPS) is 10.4. The second kappa shape index (κ2) is 5.16. The van der Waals surface area contributed by atoms with Crippen LogP contribution in [0.25, 0.3) is 0 Å². The molecule has 6 heteroatoms. The summed E-state index contributed by atoms with van der Waals surface area (Å²) < 4.78 is 1.81. The summed E-state index contributed by atoms with van der Waals surface area (Å²) in [5.41, 5.74) is 7.24. The molecule has 3 N–H and O–H groups in total. The number of carbonyl (C=O) groups is 1. The maximum absolute atomic E-state index is 12.2. The van der Waals surface area contributed by atoms with E-state index in [1.807, 2.05) is 24.5 Å². The highest BCUT2D eigenvalue weighted by molar-refractivity contribution is 7.14. The minimum atomic E-state index is -0.260. The Bertz CT molecular complexity index is 648. The van der Waals surface area contributed by atoms with Gasteiger partial charge in [0.15, 0.2) is 0 Å². The van der Waals surface area contributed by atoms with Crippen LogP contribution in [0.5, 0.6) is 0 Å². The fraction of sp³-hybridized carbons (Fsp3) is 0.231. The molecule has 0 aliphatic heterocycles. The predicted octanol–water partition coefficient (Wildman–Crippen LogP) is 2.84. The molecule has 0 fully saturated rings. The highest BCUT2D eigenvalue weighted by Crippen LogP contribution is 2.24. The first-order valence-corrected chi connectivity index (χ1v) is 6.67. The molecule has 2 aromatic heterocycles. The minimum absolute atomic E-state index is 0.136. The van der Waals surface area contributed by atoms with E-state index in [0.29, 0.717) is 21.9 Å². The molecule has 0 saturated carbocycles. The molecule has 98 valence electrons.